The van der Waals surface area contributed by atoms with Gasteiger partial charge in [0.1, 0.15) is 11.5 Å². The van der Waals surface area contributed by atoms with Crippen LogP contribution >= 0.6 is 0 Å². The summed E-state index contributed by atoms with van der Waals surface area (Å²) in [6.07, 6.45) is 5.48. The zero-order valence-electron chi connectivity index (χ0n) is 16.3. The summed E-state index contributed by atoms with van der Waals surface area (Å²) in [7, 11) is 1.82. The maximum atomic E-state index is 6.20. The first-order valence-corrected chi connectivity index (χ1v) is 12.5. The van der Waals surface area contributed by atoms with Crippen LogP contribution in [0.2, 0.25) is 19.6 Å². The second kappa shape index (κ2) is 7.68. The van der Waals surface area contributed by atoms with Gasteiger partial charge in [0, 0.05) is 11.5 Å². The van der Waals surface area contributed by atoms with E-state index in [2.05, 4.69) is 56.1 Å². The molecular weight excluding hydrogens is 340 g/mol. The van der Waals surface area contributed by atoms with Crippen LogP contribution in [0.5, 0.6) is 11.5 Å². The predicted molar refractivity (Wildman–Crippen MR) is 110 cm³/mol. The maximum Gasteiger partial charge on any atom is 0.184 e. The van der Waals surface area contributed by atoms with Gasteiger partial charge in [-0.05, 0) is 61.0 Å². The normalized spacial score (nSPS) is 16.3. The number of methoxy groups -OCH3 is 2. The molecule has 0 saturated carbocycles. The van der Waals surface area contributed by atoms with E-state index in [1.54, 1.807) is 14.2 Å². The molecule has 1 aliphatic carbocycles. The zero-order chi connectivity index (χ0) is 18.7. The van der Waals surface area contributed by atoms with Crippen molar-refractivity contribution in [1.29, 1.82) is 0 Å². The van der Waals surface area contributed by atoms with Crippen LogP contribution in [0.4, 0.5) is 0 Å². The van der Waals surface area contributed by atoms with Gasteiger partial charge in [0.05, 0.1) is 20.8 Å². The smallest absolute Gasteiger partial charge is 0.184 e. The first-order chi connectivity index (χ1) is 12.4. The van der Waals surface area contributed by atoms with E-state index in [0.717, 1.165) is 23.5 Å². The molecule has 0 N–H and O–H groups in total. The van der Waals surface area contributed by atoms with Gasteiger partial charge in [0.2, 0.25) is 0 Å². The Kier molecular flexibility index (Phi) is 5.54. The Bertz CT molecular complexity index is 788. The van der Waals surface area contributed by atoms with E-state index in [4.69, 9.17) is 13.9 Å². The lowest BCUT2D eigenvalue weighted by Crippen LogP contribution is -2.25. The van der Waals surface area contributed by atoms with Crippen molar-refractivity contribution in [2.24, 2.45) is 0 Å². The number of ether oxygens (including phenoxy) is 2. The van der Waals surface area contributed by atoms with Crippen LogP contribution in [-0.2, 0) is 11.0 Å². The highest BCUT2D eigenvalue weighted by Gasteiger charge is 2.24. The van der Waals surface area contributed by atoms with Crippen molar-refractivity contribution < 1.29 is 13.9 Å². The van der Waals surface area contributed by atoms with Crippen molar-refractivity contribution >= 4 is 14.4 Å². The van der Waals surface area contributed by atoms with Gasteiger partial charge in [-0.2, -0.15) is 0 Å². The minimum atomic E-state index is -1.61. The average Bonchev–Trinajstić information content (AvgIpc) is 2.64. The number of hydrogen-bond donors (Lipinski definition) is 0. The quantitative estimate of drug-likeness (QED) is 0.621. The van der Waals surface area contributed by atoms with Crippen LogP contribution in [0.1, 0.15) is 34.6 Å². The van der Waals surface area contributed by atoms with E-state index in [0.29, 0.717) is 12.5 Å². The highest BCUT2D eigenvalue weighted by atomic mass is 28.4. The predicted octanol–water partition coefficient (Wildman–Crippen LogP) is 5.60. The summed E-state index contributed by atoms with van der Waals surface area (Å²) < 4.78 is 17.1. The van der Waals surface area contributed by atoms with Gasteiger partial charge in [0.25, 0.3) is 0 Å². The number of rotatable bonds is 6. The molecule has 26 heavy (non-hydrogen) atoms. The Morgan fingerprint density at radius 1 is 0.962 bits per heavy atom. The molecule has 2 aromatic carbocycles. The Morgan fingerprint density at radius 2 is 1.69 bits per heavy atom. The molecule has 138 valence electrons. The molecule has 0 bridgehead atoms. The van der Waals surface area contributed by atoms with Crippen LogP contribution in [0.25, 0.3) is 6.08 Å². The molecule has 0 aliphatic heterocycles. The van der Waals surface area contributed by atoms with Gasteiger partial charge in [-0.15, -0.1) is 0 Å². The lowest BCUT2D eigenvalue weighted by molar-refractivity contribution is 0.290. The minimum absolute atomic E-state index is 0.345. The molecule has 1 aliphatic rings. The third-order valence-corrected chi connectivity index (χ3v) is 5.78. The highest BCUT2D eigenvalue weighted by molar-refractivity contribution is 6.69. The Hall–Kier alpha value is -2.04. The average molecular weight is 369 g/mol. The molecule has 3 nitrogen and oxygen atoms in total. The second-order valence-corrected chi connectivity index (χ2v) is 12.1. The lowest BCUT2D eigenvalue weighted by atomic mass is 9.80. The molecule has 1 unspecified atom stereocenters. The minimum Gasteiger partial charge on any atom is -0.497 e. The molecule has 2 aromatic rings. The van der Waals surface area contributed by atoms with Crippen molar-refractivity contribution in [3.63, 3.8) is 0 Å². The summed E-state index contributed by atoms with van der Waals surface area (Å²) in [6.45, 7) is 7.24. The summed E-state index contributed by atoms with van der Waals surface area (Å²) in [5.41, 5.74) is 5.04. The van der Waals surface area contributed by atoms with Crippen LogP contribution in [0.15, 0.2) is 42.5 Å². The third kappa shape index (κ3) is 4.02. The Labute approximate surface area is 157 Å². The van der Waals surface area contributed by atoms with Gasteiger partial charge in [0.15, 0.2) is 8.32 Å². The molecule has 0 saturated heterocycles. The summed E-state index contributed by atoms with van der Waals surface area (Å²) >= 11 is 0. The number of hydrogen-bond acceptors (Lipinski definition) is 3. The molecule has 0 spiro atoms. The van der Waals surface area contributed by atoms with E-state index < -0.39 is 8.32 Å². The largest absolute Gasteiger partial charge is 0.497 e. The first kappa shape index (κ1) is 18.7. The topological polar surface area (TPSA) is 27.7 Å². The van der Waals surface area contributed by atoms with Gasteiger partial charge >= 0.3 is 0 Å². The van der Waals surface area contributed by atoms with E-state index in [-0.39, 0.29) is 0 Å². The van der Waals surface area contributed by atoms with E-state index in [1.165, 1.54) is 16.7 Å². The molecule has 0 amide bonds. The van der Waals surface area contributed by atoms with Crippen LogP contribution in [0.3, 0.4) is 0 Å². The fourth-order valence-electron chi connectivity index (χ4n) is 3.39. The van der Waals surface area contributed by atoms with Crippen molar-refractivity contribution in [2.75, 3.05) is 14.2 Å². The van der Waals surface area contributed by atoms with Gasteiger partial charge in [-0.1, -0.05) is 30.4 Å². The van der Waals surface area contributed by atoms with Crippen molar-refractivity contribution in [1.82, 2.24) is 0 Å². The van der Waals surface area contributed by atoms with Crippen LogP contribution in [-0.4, -0.2) is 22.5 Å². The molecule has 3 rings (SSSR count). The Morgan fingerprint density at radius 3 is 2.31 bits per heavy atom. The van der Waals surface area contributed by atoms with Crippen LogP contribution < -0.4 is 9.47 Å². The number of allylic oxidation sites excluding steroid dienone is 1. The summed E-state index contributed by atoms with van der Waals surface area (Å²) in [5.74, 6) is 2.14. The molecule has 0 radical (unpaired) electrons. The SMILES string of the molecule is COc1ccc(C2CC=Cc3c2ccc(OC)c3CO[Si](C)(C)C)cc1. The molecule has 0 aromatic heterocycles. The lowest BCUT2D eigenvalue weighted by Gasteiger charge is -2.27. The number of benzene rings is 2. The van der Waals surface area contributed by atoms with E-state index in [9.17, 15) is 0 Å². The molecule has 1 atom stereocenters. The summed E-state index contributed by atoms with van der Waals surface area (Å²) in [6, 6.07) is 12.7. The van der Waals surface area contributed by atoms with Crippen molar-refractivity contribution in [3.8, 4) is 11.5 Å². The standard InChI is InChI=1S/C22H28O3Si/c1-23-17-11-9-16(10-12-17)18-7-6-8-19-20(18)13-14-22(24-2)21(19)15-25-26(3,4)5/h6,8-14,18H,7,15H2,1-5H3. The maximum absolute atomic E-state index is 6.20. The third-order valence-electron chi connectivity index (χ3n) is 4.77. The van der Waals surface area contributed by atoms with Gasteiger partial charge < -0.3 is 13.9 Å². The van der Waals surface area contributed by atoms with E-state index >= 15 is 0 Å². The zero-order valence-corrected chi connectivity index (χ0v) is 17.3. The molecular formula is C22H28O3Si. The fourth-order valence-corrected chi connectivity index (χ4v) is 3.97. The monoisotopic (exact) mass is 368 g/mol. The number of fused-ring (bicyclic) bond motifs is 1. The molecule has 4 heteroatoms. The second-order valence-electron chi connectivity index (χ2n) is 7.61. The molecule has 0 heterocycles. The van der Waals surface area contributed by atoms with Crippen LogP contribution in [0, 0.1) is 0 Å². The summed E-state index contributed by atoms with van der Waals surface area (Å²) in [5, 5.41) is 0. The Balaban J connectivity index is 2.00. The van der Waals surface area contributed by atoms with Crippen molar-refractivity contribution in [3.05, 3.63) is 64.7 Å². The van der Waals surface area contributed by atoms with E-state index in [1.807, 2.05) is 12.1 Å². The highest BCUT2D eigenvalue weighted by Crippen LogP contribution is 2.40. The summed E-state index contributed by atoms with van der Waals surface area (Å²) in [4.78, 5) is 0. The van der Waals surface area contributed by atoms with Gasteiger partial charge in [-0.3, -0.25) is 0 Å². The van der Waals surface area contributed by atoms with Gasteiger partial charge in [-0.25, -0.2) is 0 Å². The van der Waals surface area contributed by atoms with Crippen molar-refractivity contribution in [2.45, 2.75) is 38.6 Å². The first-order valence-electron chi connectivity index (χ1n) is 9.07. The molecule has 0 fully saturated rings. The fraction of sp³-hybridized carbons (Fsp3) is 0.364.